The molecule has 1 amide bonds. The number of carbonyl (C=O) groups excluding carboxylic acids is 1. The van der Waals surface area contributed by atoms with Crippen LogP contribution in [0, 0.1) is 17.0 Å². The Kier molecular flexibility index (Phi) is 3.84. The standard InChI is InChI=1S/C16H14N2O5/c1-10-11(5-4-6-12(10)18(20)21)17-16(19)15-9-22-13-7-2-3-8-14(13)23-15/h2-8,15H,9H2,1H3,(H,17,19)/t15-/m0/s1. The number of nitro groups is 1. The fourth-order valence-electron chi connectivity index (χ4n) is 2.32. The molecule has 0 saturated heterocycles. The van der Waals surface area contributed by atoms with E-state index in [-0.39, 0.29) is 12.3 Å². The molecule has 0 saturated carbocycles. The number of anilines is 1. The fraction of sp³-hybridized carbons (Fsp3) is 0.188. The smallest absolute Gasteiger partial charge is 0.274 e. The maximum Gasteiger partial charge on any atom is 0.274 e. The van der Waals surface area contributed by atoms with Gasteiger partial charge in [-0.05, 0) is 25.1 Å². The molecule has 0 radical (unpaired) electrons. The van der Waals surface area contributed by atoms with Crippen molar-refractivity contribution >= 4 is 17.3 Å². The van der Waals surface area contributed by atoms with E-state index in [2.05, 4.69) is 5.32 Å². The highest BCUT2D eigenvalue weighted by Crippen LogP contribution is 2.31. The number of carbonyl (C=O) groups is 1. The van der Waals surface area contributed by atoms with E-state index in [4.69, 9.17) is 9.47 Å². The van der Waals surface area contributed by atoms with Crippen LogP contribution in [0.15, 0.2) is 42.5 Å². The Morgan fingerprint density at radius 2 is 1.96 bits per heavy atom. The second-order valence-corrected chi connectivity index (χ2v) is 5.06. The summed E-state index contributed by atoms with van der Waals surface area (Å²) in [5, 5.41) is 13.6. The van der Waals surface area contributed by atoms with Crippen molar-refractivity contribution in [1.29, 1.82) is 0 Å². The Balaban J connectivity index is 1.76. The molecule has 1 atom stereocenters. The Morgan fingerprint density at radius 3 is 2.70 bits per heavy atom. The summed E-state index contributed by atoms with van der Waals surface area (Å²) >= 11 is 0. The van der Waals surface area contributed by atoms with E-state index in [0.717, 1.165) is 0 Å². The summed E-state index contributed by atoms with van der Waals surface area (Å²) < 4.78 is 11.1. The lowest BCUT2D eigenvalue weighted by molar-refractivity contribution is -0.385. The zero-order valence-corrected chi connectivity index (χ0v) is 12.3. The molecule has 7 nitrogen and oxygen atoms in total. The molecule has 7 heteroatoms. The van der Waals surface area contributed by atoms with E-state index in [0.29, 0.717) is 22.7 Å². The number of para-hydroxylation sites is 2. The lowest BCUT2D eigenvalue weighted by Gasteiger charge is -2.25. The summed E-state index contributed by atoms with van der Waals surface area (Å²) in [6.45, 7) is 1.66. The van der Waals surface area contributed by atoms with Gasteiger partial charge in [0.15, 0.2) is 11.5 Å². The lowest BCUT2D eigenvalue weighted by Crippen LogP contribution is -2.40. The number of nitrogens with zero attached hydrogens (tertiary/aromatic N) is 1. The molecule has 23 heavy (non-hydrogen) atoms. The Bertz CT molecular complexity index is 775. The third-order valence-corrected chi connectivity index (χ3v) is 3.56. The number of hydrogen-bond donors (Lipinski definition) is 1. The molecule has 1 N–H and O–H groups in total. The van der Waals surface area contributed by atoms with Gasteiger partial charge in [-0.25, -0.2) is 0 Å². The van der Waals surface area contributed by atoms with Gasteiger partial charge in [-0.2, -0.15) is 0 Å². The highest BCUT2D eigenvalue weighted by molar-refractivity contribution is 5.95. The van der Waals surface area contributed by atoms with Crippen LogP contribution in [-0.4, -0.2) is 23.5 Å². The van der Waals surface area contributed by atoms with Crippen molar-refractivity contribution < 1.29 is 19.2 Å². The molecule has 2 aromatic rings. The minimum atomic E-state index is -0.816. The molecule has 2 aromatic carbocycles. The predicted octanol–water partition coefficient (Wildman–Crippen LogP) is 2.68. The van der Waals surface area contributed by atoms with Crippen molar-refractivity contribution in [2.45, 2.75) is 13.0 Å². The molecule has 0 unspecified atom stereocenters. The van der Waals surface area contributed by atoms with E-state index >= 15 is 0 Å². The third kappa shape index (κ3) is 2.94. The largest absolute Gasteiger partial charge is 0.485 e. The number of amides is 1. The lowest BCUT2D eigenvalue weighted by atomic mass is 10.1. The average Bonchev–Trinajstić information content (AvgIpc) is 2.56. The van der Waals surface area contributed by atoms with E-state index in [1.54, 1.807) is 31.2 Å². The number of rotatable bonds is 3. The van der Waals surface area contributed by atoms with Gasteiger partial charge in [0.25, 0.3) is 11.6 Å². The van der Waals surface area contributed by atoms with Crippen molar-refractivity contribution in [3.05, 3.63) is 58.1 Å². The normalized spacial score (nSPS) is 15.8. The van der Waals surface area contributed by atoms with Crippen LogP contribution in [0.1, 0.15) is 5.56 Å². The first-order valence-corrected chi connectivity index (χ1v) is 6.99. The summed E-state index contributed by atoms with van der Waals surface area (Å²) in [7, 11) is 0. The van der Waals surface area contributed by atoms with Gasteiger partial charge < -0.3 is 14.8 Å². The molecule has 0 fully saturated rings. The summed E-state index contributed by atoms with van der Waals surface area (Å²) in [6.07, 6.45) is -0.816. The molecular formula is C16H14N2O5. The molecule has 1 aliphatic rings. The molecular weight excluding hydrogens is 300 g/mol. The van der Waals surface area contributed by atoms with Gasteiger partial charge in [0, 0.05) is 6.07 Å². The molecule has 1 aliphatic heterocycles. The van der Waals surface area contributed by atoms with Crippen LogP contribution in [0.5, 0.6) is 11.5 Å². The molecule has 0 aliphatic carbocycles. The number of benzene rings is 2. The van der Waals surface area contributed by atoms with E-state index < -0.39 is 16.9 Å². The number of ether oxygens (including phenoxy) is 2. The summed E-state index contributed by atoms with van der Waals surface area (Å²) in [5.41, 5.74) is 0.726. The van der Waals surface area contributed by atoms with E-state index in [9.17, 15) is 14.9 Å². The Morgan fingerprint density at radius 1 is 1.22 bits per heavy atom. The van der Waals surface area contributed by atoms with Gasteiger partial charge in [0.05, 0.1) is 16.2 Å². The van der Waals surface area contributed by atoms with Crippen LogP contribution in [-0.2, 0) is 4.79 Å². The molecule has 0 aromatic heterocycles. The highest BCUT2D eigenvalue weighted by atomic mass is 16.6. The second-order valence-electron chi connectivity index (χ2n) is 5.06. The number of nitro benzene ring substituents is 1. The van der Waals surface area contributed by atoms with Crippen LogP contribution in [0.25, 0.3) is 0 Å². The minimum Gasteiger partial charge on any atom is -0.485 e. The van der Waals surface area contributed by atoms with Crippen LogP contribution in [0.4, 0.5) is 11.4 Å². The van der Waals surface area contributed by atoms with Crippen molar-refractivity contribution in [2.75, 3.05) is 11.9 Å². The topological polar surface area (TPSA) is 90.7 Å². The third-order valence-electron chi connectivity index (χ3n) is 3.56. The van der Waals surface area contributed by atoms with Crippen LogP contribution in [0.2, 0.25) is 0 Å². The quantitative estimate of drug-likeness (QED) is 0.695. The molecule has 118 valence electrons. The predicted molar refractivity (Wildman–Crippen MR) is 82.8 cm³/mol. The summed E-state index contributed by atoms with van der Waals surface area (Å²) in [6, 6.07) is 11.6. The fourth-order valence-corrected chi connectivity index (χ4v) is 2.32. The van der Waals surface area contributed by atoms with Crippen LogP contribution in [0.3, 0.4) is 0 Å². The van der Waals surface area contributed by atoms with Crippen molar-refractivity contribution in [1.82, 2.24) is 0 Å². The monoisotopic (exact) mass is 314 g/mol. The zero-order chi connectivity index (χ0) is 16.4. The highest BCUT2D eigenvalue weighted by Gasteiger charge is 2.28. The minimum absolute atomic E-state index is 0.0473. The van der Waals surface area contributed by atoms with E-state index in [1.807, 2.05) is 6.07 Å². The average molecular weight is 314 g/mol. The first kappa shape index (κ1) is 14.8. The van der Waals surface area contributed by atoms with Crippen molar-refractivity contribution in [3.63, 3.8) is 0 Å². The second kappa shape index (κ2) is 5.96. The number of fused-ring (bicyclic) bond motifs is 1. The molecule has 0 bridgehead atoms. The molecule has 0 spiro atoms. The summed E-state index contributed by atoms with van der Waals surface area (Å²) in [4.78, 5) is 22.8. The van der Waals surface area contributed by atoms with Crippen molar-refractivity contribution in [2.24, 2.45) is 0 Å². The number of hydrogen-bond acceptors (Lipinski definition) is 5. The zero-order valence-electron chi connectivity index (χ0n) is 12.3. The first-order chi connectivity index (χ1) is 11.1. The first-order valence-electron chi connectivity index (χ1n) is 6.99. The van der Waals surface area contributed by atoms with Gasteiger partial charge in [0.2, 0.25) is 6.10 Å². The van der Waals surface area contributed by atoms with Gasteiger partial charge in [-0.15, -0.1) is 0 Å². The van der Waals surface area contributed by atoms with Crippen molar-refractivity contribution in [3.8, 4) is 11.5 Å². The summed E-state index contributed by atoms with van der Waals surface area (Å²) in [5.74, 6) is 0.667. The van der Waals surface area contributed by atoms with Crippen LogP contribution < -0.4 is 14.8 Å². The Hall–Kier alpha value is -3.09. The number of nitrogens with one attached hydrogen (secondary N) is 1. The van der Waals surface area contributed by atoms with Gasteiger partial charge in [-0.3, -0.25) is 14.9 Å². The Labute approximate surface area is 132 Å². The van der Waals surface area contributed by atoms with E-state index in [1.165, 1.54) is 12.1 Å². The maximum atomic E-state index is 12.3. The molecule has 3 rings (SSSR count). The van der Waals surface area contributed by atoms with Gasteiger partial charge in [0.1, 0.15) is 6.61 Å². The SMILES string of the molecule is Cc1c(NC(=O)[C@@H]2COc3ccccc3O2)cccc1[N+](=O)[O-]. The molecule has 1 heterocycles. The van der Waals surface area contributed by atoms with Gasteiger partial charge >= 0.3 is 0 Å². The van der Waals surface area contributed by atoms with Gasteiger partial charge in [-0.1, -0.05) is 18.2 Å². The van der Waals surface area contributed by atoms with Crippen LogP contribution >= 0.6 is 0 Å². The maximum absolute atomic E-state index is 12.3.